The van der Waals surface area contributed by atoms with Crippen LogP contribution in [-0.2, 0) is 16.6 Å². The van der Waals surface area contributed by atoms with Crippen molar-refractivity contribution in [2.45, 2.75) is 13.5 Å². The number of benzene rings is 2. The molecule has 0 atom stereocenters. The fourth-order valence-corrected chi connectivity index (χ4v) is 4.66. The summed E-state index contributed by atoms with van der Waals surface area (Å²) in [7, 11) is -2.15. The standard InChI is InChI=1S/C22H21N3O5S2/c1-14-6-4-5-7-15(14)12-30-19-11-20(31-21(19)22(26)24-32(3,27)28)25-13-23-17-9-8-16(29-2)10-18(17)25/h4-11,13H,12H2,1-3H3,(H,24,26). The number of methoxy groups -OCH3 is 1. The monoisotopic (exact) mass is 471 g/mol. The van der Waals surface area contributed by atoms with E-state index in [2.05, 4.69) is 4.98 Å². The van der Waals surface area contributed by atoms with E-state index in [9.17, 15) is 13.2 Å². The molecule has 4 rings (SSSR count). The molecule has 0 saturated heterocycles. The second kappa shape index (κ2) is 8.64. The van der Waals surface area contributed by atoms with Gasteiger partial charge in [-0.3, -0.25) is 9.36 Å². The Balaban J connectivity index is 1.75. The summed E-state index contributed by atoms with van der Waals surface area (Å²) < 4.78 is 38.4. The number of hydrogen-bond donors (Lipinski definition) is 1. The van der Waals surface area contributed by atoms with Crippen LogP contribution in [0.2, 0.25) is 0 Å². The Bertz CT molecular complexity index is 1410. The number of sulfonamides is 1. The number of thiophene rings is 1. The second-order valence-corrected chi connectivity index (χ2v) is 9.94. The van der Waals surface area contributed by atoms with Gasteiger partial charge in [0.25, 0.3) is 5.91 Å². The molecule has 2 aromatic heterocycles. The van der Waals surface area contributed by atoms with E-state index in [1.807, 2.05) is 54.1 Å². The fourth-order valence-electron chi connectivity index (χ4n) is 3.18. The summed E-state index contributed by atoms with van der Waals surface area (Å²) in [5, 5.41) is 0.652. The zero-order valence-corrected chi connectivity index (χ0v) is 19.3. The number of aryl methyl sites for hydroxylation is 1. The predicted molar refractivity (Wildman–Crippen MR) is 123 cm³/mol. The maximum Gasteiger partial charge on any atom is 0.278 e. The molecule has 0 aliphatic heterocycles. The number of aromatic nitrogens is 2. The van der Waals surface area contributed by atoms with Crippen molar-refractivity contribution in [2.24, 2.45) is 0 Å². The molecule has 32 heavy (non-hydrogen) atoms. The maximum absolute atomic E-state index is 12.7. The summed E-state index contributed by atoms with van der Waals surface area (Å²) in [5.74, 6) is 0.214. The molecule has 0 unspecified atom stereocenters. The van der Waals surface area contributed by atoms with Crippen LogP contribution in [0.25, 0.3) is 16.0 Å². The van der Waals surface area contributed by atoms with Crippen LogP contribution in [0.4, 0.5) is 0 Å². The molecule has 0 saturated carbocycles. The molecule has 2 heterocycles. The normalized spacial score (nSPS) is 11.5. The molecule has 1 amide bonds. The number of imidazole rings is 1. The van der Waals surface area contributed by atoms with Crippen LogP contribution in [-0.4, -0.2) is 37.2 Å². The minimum absolute atomic E-state index is 0.156. The molecule has 0 fully saturated rings. The Morgan fingerprint density at radius 2 is 1.97 bits per heavy atom. The highest BCUT2D eigenvalue weighted by Crippen LogP contribution is 2.35. The van der Waals surface area contributed by atoms with E-state index in [0.717, 1.165) is 39.8 Å². The van der Waals surface area contributed by atoms with Crippen LogP contribution in [0.15, 0.2) is 54.9 Å². The highest BCUT2D eigenvalue weighted by Gasteiger charge is 2.22. The first kappa shape index (κ1) is 21.8. The average molecular weight is 472 g/mol. The van der Waals surface area contributed by atoms with E-state index in [1.54, 1.807) is 24.1 Å². The summed E-state index contributed by atoms with van der Waals surface area (Å²) in [6.07, 6.45) is 2.57. The summed E-state index contributed by atoms with van der Waals surface area (Å²) in [4.78, 5) is 17.3. The van der Waals surface area contributed by atoms with E-state index < -0.39 is 15.9 Å². The molecule has 4 aromatic rings. The number of nitrogens with zero attached hydrogens (tertiary/aromatic N) is 2. The van der Waals surface area contributed by atoms with Gasteiger partial charge >= 0.3 is 0 Å². The number of fused-ring (bicyclic) bond motifs is 1. The topological polar surface area (TPSA) is 99.5 Å². The summed E-state index contributed by atoms with van der Waals surface area (Å²) >= 11 is 1.11. The molecule has 0 bridgehead atoms. The van der Waals surface area contributed by atoms with E-state index in [0.29, 0.717) is 16.5 Å². The summed E-state index contributed by atoms with van der Waals surface area (Å²) in [6.45, 7) is 2.21. The van der Waals surface area contributed by atoms with Crippen molar-refractivity contribution in [2.75, 3.05) is 13.4 Å². The first-order chi connectivity index (χ1) is 15.2. The van der Waals surface area contributed by atoms with Crippen molar-refractivity contribution >= 4 is 38.3 Å². The Hall–Kier alpha value is -3.37. The predicted octanol–water partition coefficient (Wildman–Crippen LogP) is 3.67. The van der Waals surface area contributed by atoms with E-state index in [4.69, 9.17) is 9.47 Å². The number of nitrogens with one attached hydrogen (secondary N) is 1. The zero-order chi connectivity index (χ0) is 22.9. The number of hydrogen-bond acceptors (Lipinski definition) is 7. The van der Waals surface area contributed by atoms with Gasteiger partial charge in [0.2, 0.25) is 10.0 Å². The van der Waals surface area contributed by atoms with Gasteiger partial charge in [0.15, 0.2) is 0 Å². The highest BCUT2D eigenvalue weighted by molar-refractivity contribution is 7.89. The Labute approximate surface area is 189 Å². The minimum Gasteiger partial charge on any atom is -0.497 e. The molecule has 166 valence electrons. The summed E-state index contributed by atoms with van der Waals surface area (Å²) in [5.41, 5.74) is 3.56. The largest absolute Gasteiger partial charge is 0.497 e. The van der Waals surface area contributed by atoms with E-state index in [1.165, 1.54) is 0 Å². The first-order valence-corrected chi connectivity index (χ1v) is 12.3. The molecule has 0 radical (unpaired) electrons. The Morgan fingerprint density at radius 1 is 1.19 bits per heavy atom. The van der Waals surface area contributed by atoms with Crippen molar-refractivity contribution in [3.8, 4) is 16.5 Å². The van der Waals surface area contributed by atoms with Crippen molar-refractivity contribution in [3.05, 3.63) is 70.9 Å². The van der Waals surface area contributed by atoms with Gasteiger partial charge in [-0.05, 0) is 30.2 Å². The van der Waals surface area contributed by atoms with Gasteiger partial charge in [0.1, 0.15) is 34.3 Å². The third-order valence-corrected chi connectivity index (χ3v) is 6.48. The molecule has 0 spiro atoms. The third kappa shape index (κ3) is 4.61. The SMILES string of the molecule is COc1ccc2ncn(-c3cc(OCc4ccccc4C)c(C(=O)NS(C)(=O)=O)s3)c2c1. The molecule has 0 aliphatic carbocycles. The second-order valence-electron chi connectivity index (χ2n) is 7.17. The smallest absolute Gasteiger partial charge is 0.278 e. The van der Waals surface area contributed by atoms with Crippen LogP contribution in [0, 0.1) is 6.92 Å². The fraction of sp³-hybridized carbons (Fsp3) is 0.182. The van der Waals surface area contributed by atoms with Gasteiger partial charge in [-0.25, -0.2) is 18.1 Å². The number of ether oxygens (including phenoxy) is 2. The average Bonchev–Trinajstić information content (AvgIpc) is 3.35. The van der Waals surface area contributed by atoms with Crippen LogP contribution >= 0.6 is 11.3 Å². The van der Waals surface area contributed by atoms with Crippen LogP contribution in [0.1, 0.15) is 20.8 Å². The molecule has 1 N–H and O–H groups in total. The lowest BCUT2D eigenvalue weighted by atomic mass is 10.1. The van der Waals surface area contributed by atoms with Crippen LogP contribution in [0.5, 0.6) is 11.5 Å². The lowest BCUT2D eigenvalue weighted by molar-refractivity contribution is 0.0981. The lowest BCUT2D eigenvalue weighted by Gasteiger charge is -2.09. The number of carbonyl (C=O) groups excluding carboxylic acids is 1. The highest BCUT2D eigenvalue weighted by atomic mass is 32.2. The van der Waals surface area contributed by atoms with Crippen LogP contribution in [0.3, 0.4) is 0 Å². The van der Waals surface area contributed by atoms with Gasteiger partial charge in [0.05, 0.1) is 24.4 Å². The van der Waals surface area contributed by atoms with Gasteiger partial charge in [-0.15, -0.1) is 11.3 Å². The lowest BCUT2D eigenvalue weighted by Crippen LogP contribution is -2.28. The number of carbonyl (C=O) groups is 1. The number of rotatable bonds is 7. The Kier molecular flexibility index (Phi) is 5.90. The van der Waals surface area contributed by atoms with Crippen molar-refractivity contribution in [1.29, 1.82) is 0 Å². The van der Waals surface area contributed by atoms with Gasteiger partial charge in [-0.2, -0.15) is 0 Å². The molecular weight excluding hydrogens is 450 g/mol. The van der Waals surface area contributed by atoms with Crippen molar-refractivity contribution in [1.82, 2.24) is 14.3 Å². The third-order valence-electron chi connectivity index (χ3n) is 4.81. The van der Waals surface area contributed by atoms with Crippen LogP contribution < -0.4 is 14.2 Å². The number of amides is 1. The van der Waals surface area contributed by atoms with Crippen molar-refractivity contribution < 1.29 is 22.7 Å². The van der Waals surface area contributed by atoms with Gasteiger partial charge < -0.3 is 9.47 Å². The molecule has 2 aromatic carbocycles. The molecule has 8 nitrogen and oxygen atoms in total. The van der Waals surface area contributed by atoms with E-state index in [-0.39, 0.29) is 11.5 Å². The first-order valence-electron chi connectivity index (χ1n) is 9.60. The quantitative estimate of drug-likeness (QED) is 0.442. The summed E-state index contributed by atoms with van der Waals surface area (Å²) in [6, 6.07) is 15.0. The molecule has 10 heteroatoms. The van der Waals surface area contributed by atoms with Gasteiger partial charge in [-0.1, -0.05) is 24.3 Å². The molecular formula is C22H21N3O5S2. The zero-order valence-electron chi connectivity index (χ0n) is 17.7. The van der Waals surface area contributed by atoms with Crippen molar-refractivity contribution in [3.63, 3.8) is 0 Å². The minimum atomic E-state index is -3.73. The van der Waals surface area contributed by atoms with E-state index >= 15 is 0 Å². The Morgan fingerprint density at radius 3 is 2.69 bits per heavy atom. The van der Waals surface area contributed by atoms with Gasteiger partial charge in [0, 0.05) is 12.1 Å². The molecule has 0 aliphatic rings. The maximum atomic E-state index is 12.7.